The molecule has 0 aromatic carbocycles. The van der Waals surface area contributed by atoms with Crippen LogP contribution in [0, 0.1) is 21.5 Å². The highest BCUT2D eigenvalue weighted by atomic mass is 79.9. The van der Waals surface area contributed by atoms with Gasteiger partial charge >= 0.3 is 11.9 Å². The van der Waals surface area contributed by atoms with Gasteiger partial charge in [-0.3, -0.25) is 9.59 Å². The number of esters is 1. The predicted octanol–water partition coefficient (Wildman–Crippen LogP) is 5.83. The number of carbonyl (C=O) groups is 2. The maximum Gasteiger partial charge on any atom is 0.312 e. The summed E-state index contributed by atoms with van der Waals surface area (Å²) in [6.07, 6.45) is 3.32. The highest BCUT2D eigenvalue weighted by molar-refractivity contribution is 9.09. The summed E-state index contributed by atoms with van der Waals surface area (Å²) in [5.74, 6) is -0.276. The maximum atomic E-state index is 11.6. The van der Waals surface area contributed by atoms with E-state index in [1.165, 1.54) is 22.7 Å². The van der Waals surface area contributed by atoms with Gasteiger partial charge in [0, 0.05) is 22.8 Å². The van der Waals surface area contributed by atoms with E-state index >= 15 is 0 Å². The molecular weight excluding hydrogens is 582 g/mol. The number of rotatable bonds is 8. The Kier molecular flexibility index (Phi) is 17.3. The van der Waals surface area contributed by atoms with Gasteiger partial charge in [0.05, 0.1) is 38.2 Å². The third kappa shape index (κ3) is 14.0. The summed E-state index contributed by atoms with van der Waals surface area (Å²) in [5.41, 5.74) is 9.71. The summed E-state index contributed by atoms with van der Waals surface area (Å²) in [6, 6.07) is 0. The van der Waals surface area contributed by atoms with Crippen LogP contribution in [-0.4, -0.2) is 44.7 Å². The topological polar surface area (TPSA) is 165 Å². The summed E-state index contributed by atoms with van der Waals surface area (Å²) >= 11 is 8.50. The second-order valence-corrected chi connectivity index (χ2v) is 12.5. The van der Waals surface area contributed by atoms with Crippen molar-refractivity contribution in [1.82, 2.24) is 9.97 Å². The number of anilines is 2. The first kappa shape index (κ1) is 34.6. The van der Waals surface area contributed by atoms with E-state index in [1.54, 1.807) is 38.0 Å². The Bertz CT molecular complexity index is 928. The molecule has 2 rings (SSSR count). The molecule has 2 heterocycles. The number of nitrogens with zero attached hydrogens (tertiary/aromatic N) is 3. The summed E-state index contributed by atoms with van der Waals surface area (Å²) in [4.78, 5) is 29.6. The number of carbonyl (C=O) groups excluding carboxylic acids is 1. The zero-order valence-corrected chi connectivity index (χ0v) is 23.8. The van der Waals surface area contributed by atoms with E-state index in [9.17, 15) is 9.59 Å². The minimum atomic E-state index is -0.769. The third-order valence-electron chi connectivity index (χ3n) is 3.47. The Hall–Kier alpha value is -1.53. The smallest absolute Gasteiger partial charge is 0.312 e. The molecule has 0 atom stereocenters. The van der Waals surface area contributed by atoms with E-state index in [1.807, 2.05) is 26.2 Å². The van der Waals surface area contributed by atoms with Crippen LogP contribution < -0.4 is 11.5 Å². The van der Waals surface area contributed by atoms with E-state index in [2.05, 4.69) is 25.9 Å². The van der Waals surface area contributed by atoms with Crippen molar-refractivity contribution in [3.05, 3.63) is 12.4 Å². The Morgan fingerprint density at radius 3 is 1.97 bits per heavy atom. The fourth-order valence-electron chi connectivity index (χ4n) is 1.40. The van der Waals surface area contributed by atoms with Crippen molar-refractivity contribution in [2.75, 3.05) is 29.2 Å². The quantitative estimate of drug-likeness (QED) is 0.142. The van der Waals surface area contributed by atoms with Crippen LogP contribution in [-0.2, 0) is 14.3 Å². The van der Waals surface area contributed by atoms with Gasteiger partial charge in [-0.1, -0.05) is 46.0 Å². The highest BCUT2D eigenvalue weighted by Gasteiger charge is 2.29. The average Bonchev–Trinajstić information content (AvgIpc) is 3.35. The molecule has 0 radical (unpaired) electrons. The molecule has 0 unspecified atom stereocenters. The van der Waals surface area contributed by atoms with Crippen molar-refractivity contribution in [1.29, 1.82) is 5.26 Å². The van der Waals surface area contributed by atoms with Crippen LogP contribution in [0.3, 0.4) is 0 Å². The molecule has 0 aliphatic carbocycles. The third-order valence-corrected chi connectivity index (χ3v) is 8.87. The number of nitriles is 1. The number of hydrogen-bond donors (Lipinski definition) is 3. The normalized spacial score (nSPS) is 10.4. The van der Waals surface area contributed by atoms with E-state index in [4.69, 9.17) is 26.6 Å². The van der Waals surface area contributed by atoms with Crippen LogP contribution in [0.4, 0.5) is 10.3 Å². The molecule has 5 N–H and O–H groups in total. The lowest BCUT2D eigenvalue weighted by Gasteiger charge is -2.20. The van der Waals surface area contributed by atoms with Crippen LogP contribution in [0.25, 0.3) is 0 Å². The number of aliphatic carboxylic acids is 1. The zero-order valence-electron chi connectivity index (χ0n) is 19.0. The molecule has 0 bridgehead atoms. The summed E-state index contributed by atoms with van der Waals surface area (Å²) < 4.78 is 6.88. The Morgan fingerprint density at radius 1 is 1.15 bits per heavy atom. The number of ether oxygens (including phenoxy) is 1. The van der Waals surface area contributed by atoms with E-state index < -0.39 is 16.8 Å². The van der Waals surface area contributed by atoms with Crippen LogP contribution in [0.15, 0.2) is 20.8 Å². The lowest BCUT2D eigenvalue weighted by atomic mass is 9.97. The molecule has 0 aliphatic rings. The van der Waals surface area contributed by atoms with Crippen molar-refractivity contribution in [2.24, 2.45) is 10.8 Å². The predicted molar refractivity (Wildman–Crippen MR) is 148 cm³/mol. The van der Waals surface area contributed by atoms with E-state index in [0.29, 0.717) is 28.0 Å². The molecule has 2 aromatic heterocycles. The first-order valence-electron chi connectivity index (χ1n) is 9.37. The Labute approximate surface area is 226 Å². The first-order valence-corrected chi connectivity index (χ1v) is 13.9. The van der Waals surface area contributed by atoms with Crippen LogP contribution >= 0.6 is 62.1 Å². The van der Waals surface area contributed by atoms with Crippen LogP contribution in [0.1, 0.15) is 42.0 Å². The second kappa shape index (κ2) is 17.0. The number of aromatic nitrogens is 2. The molecule has 192 valence electrons. The van der Waals surface area contributed by atoms with Gasteiger partial charge in [-0.25, -0.2) is 9.97 Å². The summed E-state index contributed by atoms with van der Waals surface area (Å²) in [5, 5.41) is 20.1. The molecule has 0 spiro atoms. The number of alkyl halides is 1. The van der Waals surface area contributed by atoms with Gasteiger partial charge in [-0.05, 0) is 34.6 Å². The number of carboxylic acid groups (broad SMARTS) is 1. The van der Waals surface area contributed by atoms with Crippen LogP contribution in [0.5, 0.6) is 0 Å². The molecule has 0 amide bonds. The number of hydrogen-bond acceptors (Lipinski definition) is 12. The van der Waals surface area contributed by atoms with Crippen molar-refractivity contribution < 1.29 is 19.4 Å². The Balaban J connectivity index is 0. The summed E-state index contributed by atoms with van der Waals surface area (Å²) in [7, 11) is 0. The maximum absolute atomic E-state index is 11.6. The number of nitrogen functional groups attached to an aromatic ring is 2. The number of carboxylic acids is 1. The lowest BCUT2D eigenvalue weighted by Crippen LogP contribution is -2.29. The molecule has 0 saturated carbocycles. The standard InChI is InChI=1S/C10H16N2O2S2.C5H9BrO2.C4H3N3S2.CH4/c1-4-14-8(13)10(2,3)6-15-7-5-12-9(11)16-7;1-5(2,3-6)4(7)8;5-2-8-3-1-7-4(6)9-3;/h5H,4,6H2,1-3H3,(H2,11,12);3H2,1-2H3,(H,7,8);1H,(H2,6,7);1H4. The number of thiocyanates is 1. The Morgan fingerprint density at radius 2 is 1.65 bits per heavy atom. The van der Waals surface area contributed by atoms with Gasteiger partial charge < -0.3 is 21.3 Å². The highest BCUT2D eigenvalue weighted by Crippen LogP contribution is 2.32. The average molecular weight is 615 g/mol. The van der Waals surface area contributed by atoms with Gasteiger partial charge in [0.15, 0.2) is 10.3 Å². The van der Waals surface area contributed by atoms with Crippen molar-refractivity contribution in [3.8, 4) is 5.40 Å². The van der Waals surface area contributed by atoms with Gasteiger partial charge in [0.1, 0.15) is 5.40 Å². The number of halogens is 1. The monoisotopic (exact) mass is 613 g/mol. The van der Waals surface area contributed by atoms with Gasteiger partial charge in [0.2, 0.25) is 0 Å². The molecule has 34 heavy (non-hydrogen) atoms. The molecule has 2 aromatic rings. The van der Waals surface area contributed by atoms with Crippen molar-refractivity contribution in [2.45, 2.75) is 50.5 Å². The first-order chi connectivity index (χ1) is 15.3. The minimum absolute atomic E-state index is 0. The van der Waals surface area contributed by atoms with Gasteiger partial charge in [0.25, 0.3) is 0 Å². The van der Waals surface area contributed by atoms with Crippen molar-refractivity contribution >= 4 is 84.3 Å². The lowest BCUT2D eigenvalue weighted by molar-refractivity contribution is -0.152. The fraction of sp³-hybridized carbons (Fsp3) is 0.550. The zero-order chi connectivity index (χ0) is 25.7. The number of nitrogens with two attached hydrogens (primary N) is 2. The molecule has 0 fully saturated rings. The number of thiazole rings is 2. The molecule has 9 nitrogen and oxygen atoms in total. The second-order valence-electron chi connectivity index (χ2n) is 7.44. The molecule has 0 saturated heterocycles. The SMILES string of the molecule is C.CC(C)(CBr)C(=O)O.CCOC(=O)C(C)(C)CSc1cnc(N)s1.N#CSc1cnc(N)s1. The number of thioether (sulfide) groups is 2. The van der Waals surface area contributed by atoms with Crippen LogP contribution in [0.2, 0.25) is 0 Å². The summed E-state index contributed by atoms with van der Waals surface area (Å²) in [6.45, 7) is 9.32. The van der Waals surface area contributed by atoms with Gasteiger partial charge in [-0.15, -0.1) is 11.8 Å². The van der Waals surface area contributed by atoms with E-state index in [-0.39, 0.29) is 13.4 Å². The largest absolute Gasteiger partial charge is 0.481 e. The van der Waals surface area contributed by atoms with E-state index in [0.717, 1.165) is 20.2 Å². The molecular formula is C20H32BrN5O4S4. The van der Waals surface area contributed by atoms with Gasteiger partial charge in [-0.2, -0.15) is 5.26 Å². The molecule has 0 aliphatic heterocycles. The molecule has 14 heteroatoms. The van der Waals surface area contributed by atoms with Crippen molar-refractivity contribution in [3.63, 3.8) is 0 Å². The minimum Gasteiger partial charge on any atom is -0.481 e. The fourth-order valence-corrected chi connectivity index (χ4v) is 4.62.